The van der Waals surface area contributed by atoms with Crippen molar-refractivity contribution in [1.82, 2.24) is 0 Å². The number of hydrogen-bond acceptors (Lipinski definition) is 3. The number of halogens is 4. The monoisotopic (exact) mass is 448 g/mol. The largest absolute Gasteiger partial charge is 0.417 e. The van der Waals surface area contributed by atoms with E-state index in [4.69, 9.17) is 11.6 Å². The van der Waals surface area contributed by atoms with Crippen LogP contribution in [0.5, 0.6) is 0 Å². The summed E-state index contributed by atoms with van der Waals surface area (Å²) in [6, 6.07) is 6.74. The van der Waals surface area contributed by atoms with E-state index in [9.17, 15) is 26.4 Å². The topological polar surface area (TPSA) is 66.5 Å². The first-order valence-corrected chi connectivity index (χ1v) is 10.7. The van der Waals surface area contributed by atoms with Crippen LogP contribution in [0, 0.1) is 13.8 Å². The molecule has 2 rings (SSSR count). The summed E-state index contributed by atoms with van der Waals surface area (Å²) in [7, 11) is -4.09. The van der Waals surface area contributed by atoms with Gasteiger partial charge in [0.05, 0.1) is 22.5 Å². The number of hydrogen-bond donors (Lipinski definition) is 1. The lowest BCUT2D eigenvalue weighted by molar-refractivity contribution is -0.137. The quantitative estimate of drug-likeness (QED) is 0.716. The highest BCUT2D eigenvalue weighted by atomic mass is 35.5. The fourth-order valence-electron chi connectivity index (χ4n) is 2.92. The molecule has 29 heavy (non-hydrogen) atoms. The van der Waals surface area contributed by atoms with Crippen LogP contribution in [0.2, 0.25) is 5.02 Å². The number of carbonyl (C=O) groups is 1. The van der Waals surface area contributed by atoms with Crippen molar-refractivity contribution in [1.29, 1.82) is 0 Å². The zero-order valence-corrected chi connectivity index (χ0v) is 17.7. The second-order valence-electron chi connectivity index (χ2n) is 6.65. The summed E-state index contributed by atoms with van der Waals surface area (Å²) in [6.07, 6.45) is -3.96. The van der Waals surface area contributed by atoms with E-state index in [1.54, 1.807) is 32.0 Å². The Morgan fingerprint density at radius 1 is 1.14 bits per heavy atom. The van der Waals surface area contributed by atoms with E-state index in [1.165, 1.54) is 6.92 Å². The van der Waals surface area contributed by atoms with Crippen molar-refractivity contribution in [2.24, 2.45) is 0 Å². The summed E-state index contributed by atoms with van der Waals surface area (Å²) in [5.74, 6) is -0.684. The van der Waals surface area contributed by atoms with Gasteiger partial charge in [0, 0.05) is 5.69 Å². The highest BCUT2D eigenvalue weighted by Crippen LogP contribution is 2.37. The highest BCUT2D eigenvalue weighted by molar-refractivity contribution is 7.92. The highest BCUT2D eigenvalue weighted by Gasteiger charge is 2.36. The molecule has 0 aliphatic carbocycles. The number of sulfonamides is 1. The minimum absolute atomic E-state index is 0.312. The Morgan fingerprint density at radius 3 is 2.17 bits per heavy atom. The number of anilines is 2. The van der Waals surface area contributed by atoms with Crippen LogP contribution in [0.1, 0.15) is 23.6 Å². The summed E-state index contributed by atoms with van der Waals surface area (Å²) in [4.78, 5) is 12.8. The maximum atomic E-state index is 13.2. The molecule has 0 aromatic heterocycles. The molecule has 158 valence electrons. The summed E-state index contributed by atoms with van der Waals surface area (Å²) in [5, 5.41) is 2.10. The molecule has 1 amide bonds. The van der Waals surface area contributed by atoms with E-state index in [-0.39, 0.29) is 5.69 Å². The van der Waals surface area contributed by atoms with Crippen molar-refractivity contribution in [3.63, 3.8) is 0 Å². The molecule has 1 N–H and O–H groups in total. The molecule has 0 saturated heterocycles. The van der Waals surface area contributed by atoms with Gasteiger partial charge in [0.1, 0.15) is 6.04 Å². The zero-order chi connectivity index (χ0) is 22.1. The minimum Gasteiger partial charge on any atom is -0.324 e. The first-order chi connectivity index (χ1) is 13.2. The first kappa shape index (κ1) is 23.0. The zero-order valence-electron chi connectivity index (χ0n) is 16.1. The molecule has 5 nitrogen and oxygen atoms in total. The third kappa shape index (κ3) is 5.22. The Morgan fingerprint density at radius 2 is 1.69 bits per heavy atom. The summed E-state index contributed by atoms with van der Waals surface area (Å²) in [5.41, 5.74) is 0.551. The smallest absolute Gasteiger partial charge is 0.324 e. The Bertz CT molecular complexity index is 1020. The molecule has 1 atom stereocenters. The van der Waals surface area contributed by atoms with Gasteiger partial charge in [-0.2, -0.15) is 13.2 Å². The van der Waals surface area contributed by atoms with E-state index < -0.39 is 38.7 Å². The number of rotatable bonds is 5. The van der Waals surface area contributed by atoms with Gasteiger partial charge in [-0.1, -0.05) is 29.8 Å². The third-order valence-electron chi connectivity index (χ3n) is 4.33. The van der Waals surface area contributed by atoms with E-state index >= 15 is 0 Å². The summed E-state index contributed by atoms with van der Waals surface area (Å²) in [6.45, 7) is 4.85. The van der Waals surface area contributed by atoms with E-state index in [0.717, 1.165) is 29.5 Å². The van der Waals surface area contributed by atoms with Gasteiger partial charge in [-0.3, -0.25) is 9.10 Å². The Kier molecular flexibility index (Phi) is 6.54. The lowest BCUT2D eigenvalue weighted by Crippen LogP contribution is -2.45. The van der Waals surface area contributed by atoms with Gasteiger partial charge >= 0.3 is 6.18 Å². The summed E-state index contributed by atoms with van der Waals surface area (Å²) >= 11 is 5.62. The summed E-state index contributed by atoms with van der Waals surface area (Å²) < 4.78 is 64.9. The molecule has 0 heterocycles. The fraction of sp³-hybridized carbons (Fsp3) is 0.316. The second kappa shape index (κ2) is 8.23. The molecule has 1 unspecified atom stereocenters. The molecule has 0 spiro atoms. The molecule has 0 aliphatic rings. The third-order valence-corrected chi connectivity index (χ3v) is 5.90. The van der Waals surface area contributed by atoms with Gasteiger partial charge in [0.15, 0.2) is 0 Å². The van der Waals surface area contributed by atoms with Crippen molar-refractivity contribution < 1.29 is 26.4 Å². The van der Waals surface area contributed by atoms with Crippen molar-refractivity contribution in [3.8, 4) is 0 Å². The van der Waals surface area contributed by atoms with Gasteiger partial charge in [0.25, 0.3) is 0 Å². The number of carbonyl (C=O) groups excluding carboxylic acids is 1. The first-order valence-electron chi connectivity index (χ1n) is 8.46. The molecule has 0 saturated carbocycles. The average Bonchev–Trinajstić information content (AvgIpc) is 2.57. The van der Waals surface area contributed by atoms with Crippen molar-refractivity contribution in [2.75, 3.05) is 15.9 Å². The number of nitrogens with one attached hydrogen (secondary N) is 1. The van der Waals surface area contributed by atoms with E-state index in [2.05, 4.69) is 5.32 Å². The Balaban J connectivity index is 2.47. The average molecular weight is 449 g/mol. The number of para-hydroxylation sites is 1. The molecule has 0 fully saturated rings. The van der Waals surface area contributed by atoms with Gasteiger partial charge in [-0.05, 0) is 50.1 Å². The molecular weight excluding hydrogens is 429 g/mol. The van der Waals surface area contributed by atoms with Crippen LogP contribution in [0.25, 0.3) is 0 Å². The standard InChI is InChI=1S/C19H20ClF3N2O3S/c1-11-6-5-7-12(2)17(11)24-18(26)13(3)25(29(4,27)28)14-8-9-16(20)15(10-14)19(21,22)23/h5-10,13H,1-4H3,(H,24,26). The van der Waals surface area contributed by atoms with Crippen LogP contribution >= 0.6 is 11.6 Å². The van der Waals surface area contributed by atoms with Crippen molar-refractivity contribution in [3.05, 3.63) is 58.1 Å². The van der Waals surface area contributed by atoms with Crippen LogP contribution in [-0.2, 0) is 21.0 Å². The Hall–Kier alpha value is -2.26. The molecule has 0 radical (unpaired) electrons. The van der Waals surface area contributed by atoms with Crippen LogP contribution in [-0.4, -0.2) is 26.6 Å². The predicted molar refractivity (Wildman–Crippen MR) is 108 cm³/mol. The molecule has 2 aromatic rings. The molecule has 0 bridgehead atoms. The number of amides is 1. The Labute approximate surface area is 172 Å². The van der Waals surface area contributed by atoms with Crippen molar-refractivity contribution >= 4 is 38.9 Å². The lowest BCUT2D eigenvalue weighted by atomic mass is 10.1. The maximum Gasteiger partial charge on any atom is 0.417 e. The predicted octanol–water partition coefficient (Wildman–Crippen LogP) is 4.77. The van der Waals surface area contributed by atoms with E-state index in [1.807, 2.05) is 0 Å². The van der Waals surface area contributed by atoms with Gasteiger partial charge < -0.3 is 5.32 Å². The van der Waals surface area contributed by atoms with Gasteiger partial charge in [-0.25, -0.2) is 8.42 Å². The fourth-order valence-corrected chi connectivity index (χ4v) is 4.31. The minimum atomic E-state index is -4.78. The van der Waals surface area contributed by atoms with Gasteiger partial charge in [0.2, 0.25) is 15.9 Å². The second-order valence-corrected chi connectivity index (χ2v) is 8.92. The van der Waals surface area contributed by atoms with Crippen molar-refractivity contribution in [2.45, 2.75) is 33.0 Å². The van der Waals surface area contributed by atoms with Crippen LogP contribution in [0.15, 0.2) is 36.4 Å². The van der Waals surface area contributed by atoms with E-state index in [0.29, 0.717) is 16.1 Å². The molecule has 0 aliphatic heterocycles. The van der Waals surface area contributed by atoms with Crippen LogP contribution in [0.4, 0.5) is 24.5 Å². The molecular formula is C19H20ClF3N2O3S. The molecule has 2 aromatic carbocycles. The van der Waals surface area contributed by atoms with Gasteiger partial charge in [-0.15, -0.1) is 0 Å². The molecule has 10 heteroatoms. The SMILES string of the molecule is Cc1cccc(C)c1NC(=O)C(C)N(c1ccc(Cl)c(C(F)(F)F)c1)S(C)(=O)=O. The number of benzene rings is 2. The number of aryl methyl sites for hydroxylation is 2. The lowest BCUT2D eigenvalue weighted by Gasteiger charge is -2.29. The normalized spacial score (nSPS) is 13.1. The number of nitrogens with zero attached hydrogens (tertiary/aromatic N) is 1. The van der Waals surface area contributed by atoms with Crippen LogP contribution < -0.4 is 9.62 Å². The maximum absolute atomic E-state index is 13.2. The number of alkyl halides is 3. The van der Waals surface area contributed by atoms with Crippen LogP contribution in [0.3, 0.4) is 0 Å².